The number of carbonyl (C=O) groups is 2. The Balaban J connectivity index is 1.45. The number of rotatable bonds is 7. The first-order chi connectivity index (χ1) is 22.1. The van der Waals surface area contributed by atoms with Crippen molar-refractivity contribution in [2.75, 3.05) is 10.6 Å². The number of anilines is 3. The van der Waals surface area contributed by atoms with E-state index in [9.17, 15) is 9.59 Å². The number of nitrogen functional groups attached to an aromatic ring is 1. The molecule has 2 aromatic heterocycles. The zero-order valence-corrected chi connectivity index (χ0v) is 27.8. The number of thiol groups is 1. The largest absolute Gasteiger partial charge is 0.385 e. The number of para-hydroxylation sites is 1. The van der Waals surface area contributed by atoms with Crippen molar-refractivity contribution in [2.24, 2.45) is 14.1 Å². The second kappa shape index (κ2) is 12.6. The summed E-state index contributed by atoms with van der Waals surface area (Å²) in [6.07, 6.45) is 0.801. The third kappa shape index (κ3) is 5.50. The van der Waals surface area contributed by atoms with Crippen molar-refractivity contribution < 1.29 is 9.59 Å². The van der Waals surface area contributed by atoms with Gasteiger partial charge in [0.2, 0.25) is 0 Å². The molecule has 1 atom stereocenters. The van der Waals surface area contributed by atoms with Crippen LogP contribution in [0.4, 0.5) is 17.2 Å². The van der Waals surface area contributed by atoms with Gasteiger partial charge in [0.1, 0.15) is 5.82 Å². The fourth-order valence-electron chi connectivity index (χ4n) is 6.47. The minimum atomic E-state index is -0.177. The molecule has 0 fully saturated rings. The zero-order valence-electron chi connectivity index (χ0n) is 26.9. The molecule has 1 aliphatic heterocycles. The van der Waals surface area contributed by atoms with Crippen LogP contribution in [-0.2, 0) is 33.6 Å². The molecule has 3 N–H and O–H groups in total. The van der Waals surface area contributed by atoms with Crippen LogP contribution in [0.1, 0.15) is 55.7 Å². The van der Waals surface area contributed by atoms with Gasteiger partial charge >= 0.3 is 0 Å². The Bertz CT molecular complexity index is 1940. The first kappa shape index (κ1) is 31.3. The topological polar surface area (TPSA) is 88.5 Å². The van der Waals surface area contributed by atoms with Gasteiger partial charge in [0.25, 0.3) is 11.8 Å². The van der Waals surface area contributed by atoms with Crippen LogP contribution in [-0.4, -0.2) is 31.9 Å². The maximum atomic E-state index is 14.6. The highest BCUT2D eigenvalue weighted by Gasteiger charge is 2.31. The highest BCUT2D eigenvalue weighted by atomic mass is 32.1. The molecule has 46 heavy (non-hydrogen) atoms. The summed E-state index contributed by atoms with van der Waals surface area (Å²) in [5.74, 6) is 0.357. The normalized spacial score (nSPS) is 14.3. The summed E-state index contributed by atoms with van der Waals surface area (Å²) in [6.45, 7) is 7.05. The van der Waals surface area contributed by atoms with Crippen LogP contribution in [0.5, 0.6) is 0 Å². The zero-order chi connectivity index (χ0) is 32.7. The summed E-state index contributed by atoms with van der Waals surface area (Å²) in [5.41, 5.74) is 15.5. The van der Waals surface area contributed by atoms with Crippen LogP contribution >= 0.6 is 12.8 Å². The first-order valence-corrected chi connectivity index (χ1v) is 15.9. The molecule has 3 heterocycles. The minimum absolute atomic E-state index is 0.0361. The van der Waals surface area contributed by atoms with Crippen LogP contribution in [0.25, 0.3) is 11.3 Å². The molecule has 0 spiro atoms. The molecule has 0 aliphatic carbocycles. The molecule has 236 valence electrons. The maximum absolute atomic E-state index is 14.6. The summed E-state index contributed by atoms with van der Waals surface area (Å²) >= 11 is 4.21. The molecule has 1 unspecified atom stereocenters. The number of nitrogens with zero attached hydrogens (tertiary/aromatic N) is 4. The average molecular weight is 633 g/mol. The highest BCUT2D eigenvalue weighted by Crippen LogP contribution is 2.37. The predicted octanol–water partition coefficient (Wildman–Crippen LogP) is 6.73. The lowest BCUT2D eigenvalue weighted by atomic mass is 9.93. The van der Waals surface area contributed by atoms with Gasteiger partial charge in [0, 0.05) is 73.2 Å². The van der Waals surface area contributed by atoms with Crippen molar-refractivity contribution in [3.63, 3.8) is 0 Å². The highest BCUT2D eigenvalue weighted by molar-refractivity contribution is 7.78. The summed E-state index contributed by atoms with van der Waals surface area (Å²) in [5, 5.41) is 0. The standard InChI is InChI=1S/C37H40N6O2S/c1-23-17-27-11-9-10-12-28(27)22-42(23)36(44)32-18-26(21-39-46)15-16-30(32)34-19-31(24(2)40(34)4)37(45)43(29-13-7-6-8-14-29)33-20-35(38)41(5)25(33)3/h6-16,18-20,23,39,46H,17,21-22,38H2,1-5H3. The minimum Gasteiger partial charge on any atom is -0.385 e. The van der Waals surface area contributed by atoms with E-state index in [0.717, 1.165) is 46.0 Å². The molecule has 0 saturated heterocycles. The molecule has 9 heteroatoms. The molecule has 5 aromatic rings. The second-order valence-electron chi connectivity index (χ2n) is 12.1. The average Bonchev–Trinajstić information content (AvgIpc) is 3.49. The number of aromatic nitrogens is 2. The third-order valence-electron chi connectivity index (χ3n) is 9.41. The third-order valence-corrected chi connectivity index (χ3v) is 9.57. The SMILES string of the molecule is Cc1c(N(C(=O)c2cc(-c3ccc(CNS)cc3C(=O)N3Cc4ccccc4CC3C)n(C)c2C)c2ccccc2)cc(N)n1C. The van der Waals surface area contributed by atoms with Crippen molar-refractivity contribution in [2.45, 2.75) is 46.3 Å². The van der Waals surface area contributed by atoms with Gasteiger partial charge in [0.05, 0.1) is 11.3 Å². The number of hydrogen-bond acceptors (Lipinski definition) is 5. The molecule has 0 radical (unpaired) electrons. The second-order valence-corrected chi connectivity index (χ2v) is 12.4. The Morgan fingerprint density at radius 2 is 1.59 bits per heavy atom. The van der Waals surface area contributed by atoms with E-state index in [-0.39, 0.29) is 17.9 Å². The van der Waals surface area contributed by atoms with Crippen LogP contribution in [0.2, 0.25) is 0 Å². The van der Waals surface area contributed by atoms with Gasteiger partial charge in [-0.3, -0.25) is 19.2 Å². The number of benzene rings is 3. The van der Waals surface area contributed by atoms with Gasteiger partial charge in [0.15, 0.2) is 0 Å². The van der Waals surface area contributed by atoms with E-state index in [1.165, 1.54) is 11.1 Å². The number of nitrogens with one attached hydrogen (secondary N) is 1. The van der Waals surface area contributed by atoms with Gasteiger partial charge < -0.3 is 19.8 Å². The van der Waals surface area contributed by atoms with E-state index in [4.69, 9.17) is 5.73 Å². The van der Waals surface area contributed by atoms with E-state index < -0.39 is 0 Å². The lowest BCUT2D eigenvalue weighted by Crippen LogP contribution is -2.42. The van der Waals surface area contributed by atoms with Crippen molar-refractivity contribution in [3.05, 3.63) is 124 Å². The van der Waals surface area contributed by atoms with E-state index in [1.807, 2.05) is 109 Å². The lowest BCUT2D eigenvalue weighted by Gasteiger charge is -2.35. The Kier molecular flexibility index (Phi) is 8.55. The monoisotopic (exact) mass is 632 g/mol. The number of carbonyl (C=O) groups excluding carboxylic acids is 2. The molecule has 8 nitrogen and oxygen atoms in total. The van der Waals surface area contributed by atoms with E-state index in [1.54, 1.807) is 4.90 Å². The maximum Gasteiger partial charge on any atom is 0.264 e. The number of nitrogens with two attached hydrogens (primary N) is 1. The van der Waals surface area contributed by atoms with Gasteiger partial charge in [-0.1, -0.05) is 67.4 Å². The van der Waals surface area contributed by atoms with Gasteiger partial charge in [-0.05, 0) is 68.1 Å². The Hall–Kier alpha value is -4.73. The van der Waals surface area contributed by atoms with Crippen molar-refractivity contribution in [1.82, 2.24) is 18.8 Å². The smallest absolute Gasteiger partial charge is 0.264 e. The van der Waals surface area contributed by atoms with Crippen molar-refractivity contribution in [1.29, 1.82) is 0 Å². The van der Waals surface area contributed by atoms with Crippen molar-refractivity contribution >= 4 is 41.8 Å². The van der Waals surface area contributed by atoms with E-state index in [0.29, 0.717) is 30.0 Å². The Labute approximate surface area is 276 Å². The van der Waals surface area contributed by atoms with Gasteiger partial charge in [-0.2, -0.15) is 0 Å². The Morgan fingerprint density at radius 3 is 2.26 bits per heavy atom. The van der Waals surface area contributed by atoms with Gasteiger partial charge in [-0.25, -0.2) is 0 Å². The van der Waals surface area contributed by atoms with Crippen LogP contribution in [0.15, 0.2) is 84.9 Å². The van der Waals surface area contributed by atoms with E-state index in [2.05, 4.69) is 42.7 Å². The quantitative estimate of drug-likeness (QED) is 0.174. The summed E-state index contributed by atoms with van der Waals surface area (Å²) in [6, 6.07) is 27.6. The summed E-state index contributed by atoms with van der Waals surface area (Å²) < 4.78 is 6.78. The molecule has 2 amide bonds. The van der Waals surface area contributed by atoms with E-state index >= 15 is 0 Å². The predicted molar refractivity (Wildman–Crippen MR) is 188 cm³/mol. The first-order valence-electron chi connectivity index (χ1n) is 15.5. The fourth-order valence-corrected chi connectivity index (χ4v) is 6.65. The van der Waals surface area contributed by atoms with Crippen LogP contribution in [0, 0.1) is 13.8 Å². The molecular formula is C37H40N6O2S. The Morgan fingerprint density at radius 1 is 0.891 bits per heavy atom. The van der Waals surface area contributed by atoms with Gasteiger partial charge in [-0.15, -0.1) is 0 Å². The number of amides is 2. The number of fused-ring (bicyclic) bond motifs is 1. The molecule has 0 bridgehead atoms. The lowest BCUT2D eigenvalue weighted by molar-refractivity contribution is 0.0658. The van der Waals surface area contributed by atoms with Crippen LogP contribution < -0.4 is 15.4 Å². The fraction of sp³-hybridized carbons (Fsp3) is 0.243. The molecule has 3 aromatic carbocycles. The summed E-state index contributed by atoms with van der Waals surface area (Å²) in [4.78, 5) is 32.7. The molecular weight excluding hydrogens is 593 g/mol. The van der Waals surface area contributed by atoms with Crippen molar-refractivity contribution in [3.8, 4) is 11.3 Å². The number of hydrogen-bond donors (Lipinski definition) is 3. The van der Waals surface area contributed by atoms with Crippen LogP contribution in [0.3, 0.4) is 0 Å². The molecule has 0 saturated carbocycles. The molecule has 6 rings (SSSR count). The summed E-state index contributed by atoms with van der Waals surface area (Å²) in [7, 11) is 3.83. The molecule has 1 aliphatic rings.